The number of rotatable bonds is 5. The van der Waals surface area contributed by atoms with Crippen LogP contribution in [-0.4, -0.2) is 25.2 Å². The molecule has 1 N–H and O–H groups in total. The molecule has 0 radical (unpaired) electrons. The molecule has 1 aliphatic carbocycles. The number of hydrogen-bond acceptors (Lipinski definition) is 3. The van der Waals surface area contributed by atoms with Crippen LogP contribution in [0.2, 0.25) is 0 Å². The van der Waals surface area contributed by atoms with Crippen molar-refractivity contribution in [1.82, 2.24) is 5.32 Å². The minimum atomic E-state index is -0.0442. The van der Waals surface area contributed by atoms with E-state index in [4.69, 9.17) is 4.74 Å². The van der Waals surface area contributed by atoms with Gasteiger partial charge in [0.05, 0.1) is 5.92 Å². The van der Waals surface area contributed by atoms with Gasteiger partial charge in [-0.25, -0.2) is 0 Å². The maximum absolute atomic E-state index is 11.9. The average molecular weight is 241 g/mol. The van der Waals surface area contributed by atoms with Gasteiger partial charge in [-0.15, -0.1) is 0 Å². The molecule has 0 aromatic carbocycles. The Hall–Kier alpha value is -0.570. The van der Waals surface area contributed by atoms with Crippen LogP contribution in [0.3, 0.4) is 0 Å². The number of esters is 1. The Morgan fingerprint density at radius 3 is 2.41 bits per heavy atom. The Labute approximate surface area is 105 Å². The lowest BCUT2D eigenvalue weighted by molar-refractivity contribution is -0.156. The lowest BCUT2D eigenvalue weighted by atomic mass is 9.82. The quantitative estimate of drug-likeness (QED) is 0.752. The van der Waals surface area contributed by atoms with Crippen molar-refractivity contribution in [2.45, 2.75) is 53.1 Å². The Kier molecular flexibility index (Phi) is 5.96. The molecule has 1 saturated carbocycles. The van der Waals surface area contributed by atoms with Crippen LogP contribution < -0.4 is 5.32 Å². The third-order valence-electron chi connectivity index (χ3n) is 3.52. The summed E-state index contributed by atoms with van der Waals surface area (Å²) in [5, 5.41) is 3.18. The van der Waals surface area contributed by atoms with E-state index >= 15 is 0 Å². The fourth-order valence-corrected chi connectivity index (χ4v) is 2.69. The second-order valence-electron chi connectivity index (χ2n) is 5.69. The van der Waals surface area contributed by atoms with Crippen molar-refractivity contribution in [3.05, 3.63) is 0 Å². The molecule has 0 aromatic rings. The zero-order chi connectivity index (χ0) is 12.8. The molecule has 3 atom stereocenters. The van der Waals surface area contributed by atoms with Crippen LogP contribution in [0.5, 0.6) is 0 Å². The van der Waals surface area contributed by atoms with Gasteiger partial charge in [-0.3, -0.25) is 4.79 Å². The highest BCUT2D eigenvalue weighted by Crippen LogP contribution is 2.30. The van der Waals surface area contributed by atoms with Crippen LogP contribution in [0.15, 0.2) is 0 Å². The summed E-state index contributed by atoms with van der Waals surface area (Å²) in [4.78, 5) is 11.9. The molecule has 17 heavy (non-hydrogen) atoms. The van der Waals surface area contributed by atoms with Gasteiger partial charge in [0.25, 0.3) is 0 Å². The molecule has 0 spiro atoms. The van der Waals surface area contributed by atoms with Gasteiger partial charge >= 0.3 is 5.97 Å². The standard InChI is InChI=1S/C14H27NO2/c1-5-15-9-12(4)14(16)17-13-7-10(2)6-11(3)8-13/h10-13,15H,5-9H2,1-4H3. The van der Waals surface area contributed by atoms with E-state index in [2.05, 4.69) is 19.2 Å². The zero-order valence-electron chi connectivity index (χ0n) is 11.7. The molecule has 0 amide bonds. The minimum Gasteiger partial charge on any atom is -0.462 e. The van der Waals surface area contributed by atoms with Gasteiger partial charge in [0.2, 0.25) is 0 Å². The van der Waals surface area contributed by atoms with Crippen molar-refractivity contribution in [2.24, 2.45) is 17.8 Å². The summed E-state index contributed by atoms with van der Waals surface area (Å²) in [7, 11) is 0. The van der Waals surface area contributed by atoms with Crippen LogP contribution in [0.1, 0.15) is 47.0 Å². The molecule has 1 rings (SSSR count). The van der Waals surface area contributed by atoms with Gasteiger partial charge in [0.15, 0.2) is 0 Å². The van der Waals surface area contributed by atoms with E-state index in [0.29, 0.717) is 18.4 Å². The molecule has 0 bridgehead atoms. The monoisotopic (exact) mass is 241 g/mol. The fraction of sp³-hybridized carbons (Fsp3) is 0.929. The first kappa shape index (κ1) is 14.5. The molecular weight excluding hydrogens is 214 g/mol. The number of carbonyl (C=O) groups is 1. The van der Waals surface area contributed by atoms with Crippen LogP contribution in [-0.2, 0) is 9.53 Å². The summed E-state index contributed by atoms with van der Waals surface area (Å²) in [6, 6.07) is 0. The Morgan fingerprint density at radius 1 is 1.29 bits per heavy atom. The van der Waals surface area contributed by atoms with Gasteiger partial charge in [-0.2, -0.15) is 0 Å². The van der Waals surface area contributed by atoms with E-state index in [1.54, 1.807) is 0 Å². The summed E-state index contributed by atoms with van der Waals surface area (Å²) >= 11 is 0. The lowest BCUT2D eigenvalue weighted by Crippen LogP contribution is -2.33. The number of ether oxygens (including phenoxy) is 1. The van der Waals surface area contributed by atoms with Crippen molar-refractivity contribution < 1.29 is 9.53 Å². The first-order valence-electron chi connectivity index (χ1n) is 6.94. The zero-order valence-corrected chi connectivity index (χ0v) is 11.7. The topological polar surface area (TPSA) is 38.3 Å². The van der Waals surface area contributed by atoms with Crippen molar-refractivity contribution >= 4 is 5.97 Å². The summed E-state index contributed by atoms with van der Waals surface area (Å²) in [5.41, 5.74) is 0. The average Bonchev–Trinajstić information content (AvgIpc) is 2.24. The number of nitrogens with one attached hydrogen (secondary N) is 1. The van der Waals surface area contributed by atoms with Crippen molar-refractivity contribution in [2.75, 3.05) is 13.1 Å². The Balaban J connectivity index is 2.34. The normalized spacial score (nSPS) is 30.9. The molecule has 3 heteroatoms. The third kappa shape index (κ3) is 5.07. The van der Waals surface area contributed by atoms with E-state index < -0.39 is 0 Å². The van der Waals surface area contributed by atoms with E-state index in [-0.39, 0.29) is 18.0 Å². The Bertz CT molecular complexity index is 232. The molecule has 0 aliphatic heterocycles. The van der Waals surface area contributed by atoms with Crippen molar-refractivity contribution in [1.29, 1.82) is 0 Å². The number of carbonyl (C=O) groups excluding carboxylic acids is 1. The summed E-state index contributed by atoms with van der Waals surface area (Å²) in [6.07, 6.45) is 3.47. The first-order valence-corrected chi connectivity index (χ1v) is 6.94. The SMILES string of the molecule is CCNCC(C)C(=O)OC1CC(C)CC(C)C1. The molecule has 0 heterocycles. The molecule has 3 unspecified atom stereocenters. The predicted molar refractivity (Wildman–Crippen MR) is 69.8 cm³/mol. The van der Waals surface area contributed by atoms with Crippen molar-refractivity contribution in [3.8, 4) is 0 Å². The molecular formula is C14H27NO2. The largest absolute Gasteiger partial charge is 0.462 e. The van der Waals surface area contributed by atoms with E-state index in [1.807, 2.05) is 13.8 Å². The van der Waals surface area contributed by atoms with Crippen LogP contribution >= 0.6 is 0 Å². The molecule has 1 aliphatic rings. The Morgan fingerprint density at radius 2 is 1.88 bits per heavy atom. The van der Waals surface area contributed by atoms with Crippen LogP contribution in [0.25, 0.3) is 0 Å². The molecule has 100 valence electrons. The van der Waals surface area contributed by atoms with Gasteiger partial charge in [0.1, 0.15) is 6.10 Å². The molecule has 3 nitrogen and oxygen atoms in total. The third-order valence-corrected chi connectivity index (χ3v) is 3.52. The minimum absolute atomic E-state index is 0.0394. The molecule has 0 aromatic heterocycles. The maximum Gasteiger partial charge on any atom is 0.310 e. The summed E-state index contributed by atoms with van der Waals surface area (Å²) in [6.45, 7) is 10.1. The van der Waals surface area contributed by atoms with Crippen LogP contribution in [0.4, 0.5) is 0 Å². The molecule has 1 fully saturated rings. The van der Waals surface area contributed by atoms with Gasteiger partial charge in [-0.05, 0) is 37.6 Å². The summed E-state index contributed by atoms with van der Waals surface area (Å²) < 4.78 is 5.61. The van der Waals surface area contributed by atoms with Gasteiger partial charge in [-0.1, -0.05) is 27.7 Å². The second kappa shape index (κ2) is 7.00. The second-order valence-corrected chi connectivity index (χ2v) is 5.69. The highest BCUT2D eigenvalue weighted by molar-refractivity contribution is 5.72. The summed E-state index contributed by atoms with van der Waals surface area (Å²) in [5.74, 6) is 1.28. The number of hydrogen-bond donors (Lipinski definition) is 1. The fourth-order valence-electron chi connectivity index (χ4n) is 2.69. The van der Waals surface area contributed by atoms with Crippen LogP contribution in [0, 0.1) is 17.8 Å². The maximum atomic E-state index is 11.9. The van der Waals surface area contributed by atoms with Crippen molar-refractivity contribution in [3.63, 3.8) is 0 Å². The lowest BCUT2D eigenvalue weighted by Gasteiger charge is -2.31. The highest BCUT2D eigenvalue weighted by Gasteiger charge is 2.27. The first-order chi connectivity index (χ1) is 8.02. The smallest absolute Gasteiger partial charge is 0.310 e. The van der Waals surface area contributed by atoms with Gasteiger partial charge in [0, 0.05) is 6.54 Å². The molecule has 0 saturated heterocycles. The predicted octanol–water partition coefficient (Wildman–Crippen LogP) is 2.60. The van der Waals surface area contributed by atoms with E-state index in [9.17, 15) is 4.79 Å². The highest BCUT2D eigenvalue weighted by atomic mass is 16.5. The van der Waals surface area contributed by atoms with Gasteiger partial charge < -0.3 is 10.1 Å². The van der Waals surface area contributed by atoms with E-state index in [1.165, 1.54) is 6.42 Å². The van der Waals surface area contributed by atoms with E-state index in [0.717, 1.165) is 19.4 Å².